The minimum atomic E-state index is -0.345. The smallest absolute Gasteiger partial charge is 0.221 e. The van der Waals surface area contributed by atoms with Gasteiger partial charge in [-0.15, -0.1) is 0 Å². The first-order valence-electron chi connectivity index (χ1n) is 6.74. The molecular formula is C14H18N4O2. The van der Waals surface area contributed by atoms with Crippen LogP contribution in [0.5, 0.6) is 5.75 Å². The predicted molar refractivity (Wildman–Crippen MR) is 75.4 cm³/mol. The molecule has 0 fully saturated rings. The van der Waals surface area contributed by atoms with Crippen molar-refractivity contribution in [1.82, 2.24) is 10.2 Å². The number of nitrogens with two attached hydrogens (primary N) is 2. The van der Waals surface area contributed by atoms with E-state index in [1.165, 1.54) is 0 Å². The summed E-state index contributed by atoms with van der Waals surface area (Å²) in [6.45, 7) is 1.95. The van der Waals surface area contributed by atoms with Crippen molar-refractivity contribution in [2.45, 2.75) is 38.3 Å². The number of rotatable bonds is 4. The number of aromatic amines is 1. The number of hydrogen-bond donors (Lipinski definition) is 3. The van der Waals surface area contributed by atoms with Gasteiger partial charge < -0.3 is 16.2 Å². The third kappa shape index (κ3) is 2.22. The van der Waals surface area contributed by atoms with Gasteiger partial charge in [-0.3, -0.25) is 9.89 Å². The molecule has 1 aliphatic rings. The van der Waals surface area contributed by atoms with Gasteiger partial charge in [-0.1, -0.05) is 0 Å². The van der Waals surface area contributed by atoms with Crippen molar-refractivity contribution < 1.29 is 9.53 Å². The molecule has 2 atom stereocenters. The number of aromatic nitrogens is 2. The zero-order chi connectivity index (χ0) is 14.3. The van der Waals surface area contributed by atoms with Gasteiger partial charge in [-0.25, -0.2) is 0 Å². The van der Waals surface area contributed by atoms with E-state index in [1.807, 2.05) is 19.1 Å². The molecule has 106 valence electrons. The second-order valence-electron chi connectivity index (χ2n) is 5.43. The Bertz CT molecular complexity index is 662. The van der Waals surface area contributed by atoms with Crippen molar-refractivity contribution in [2.75, 3.05) is 0 Å². The third-order valence-corrected chi connectivity index (χ3v) is 3.54. The van der Waals surface area contributed by atoms with E-state index < -0.39 is 0 Å². The first-order valence-corrected chi connectivity index (χ1v) is 6.74. The van der Waals surface area contributed by atoms with Gasteiger partial charge in [0.05, 0.1) is 17.6 Å². The highest BCUT2D eigenvalue weighted by molar-refractivity contribution is 5.88. The van der Waals surface area contributed by atoms with Crippen LogP contribution < -0.4 is 16.2 Å². The van der Waals surface area contributed by atoms with Gasteiger partial charge in [0, 0.05) is 29.8 Å². The number of fused-ring (bicyclic) bond motifs is 3. The zero-order valence-corrected chi connectivity index (χ0v) is 11.3. The van der Waals surface area contributed by atoms with Crippen LogP contribution in [0.1, 0.15) is 24.6 Å². The average molecular weight is 274 g/mol. The highest BCUT2D eigenvalue weighted by Crippen LogP contribution is 2.36. The molecule has 0 bridgehead atoms. The van der Waals surface area contributed by atoms with E-state index in [1.54, 1.807) is 0 Å². The normalized spacial score (nSPS) is 18.8. The van der Waals surface area contributed by atoms with Crippen LogP contribution in [-0.4, -0.2) is 28.3 Å². The zero-order valence-electron chi connectivity index (χ0n) is 11.3. The molecule has 1 aromatic carbocycles. The summed E-state index contributed by atoms with van der Waals surface area (Å²) in [4.78, 5) is 11.0. The van der Waals surface area contributed by atoms with Gasteiger partial charge in [0.2, 0.25) is 5.91 Å². The molecule has 6 heteroatoms. The van der Waals surface area contributed by atoms with Crippen LogP contribution in [0.2, 0.25) is 0 Å². The molecule has 0 saturated carbocycles. The van der Waals surface area contributed by atoms with E-state index in [0.717, 1.165) is 27.9 Å². The molecule has 0 spiro atoms. The number of nitrogens with one attached hydrogen (secondary N) is 1. The lowest BCUT2D eigenvalue weighted by Crippen LogP contribution is -2.23. The van der Waals surface area contributed by atoms with E-state index in [2.05, 4.69) is 10.2 Å². The van der Waals surface area contributed by atoms with Crippen molar-refractivity contribution in [3.8, 4) is 5.75 Å². The highest BCUT2D eigenvalue weighted by Gasteiger charge is 2.28. The van der Waals surface area contributed by atoms with Crippen molar-refractivity contribution in [2.24, 2.45) is 11.5 Å². The molecule has 0 aliphatic carbocycles. The highest BCUT2D eigenvalue weighted by atomic mass is 16.5. The summed E-state index contributed by atoms with van der Waals surface area (Å²) >= 11 is 0. The SMILES string of the molecule is CC(N)Cc1n[nH]c2ccc3c(c12)CC(CC(N)=O)O3. The summed E-state index contributed by atoms with van der Waals surface area (Å²) in [5, 5.41) is 8.45. The minimum absolute atomic E-state index is 0.0427. The Kier molecular flexibility index (Phi) is 3.10. The van der Waals surface area contributed by atoms with Crippen molar-refractivity contribution >= 4 is 16.8 Å². The summed E-state index contributed by atoms with van der Waals surface area (Å²) in [5.41, 5.74) is 14.1. The number of carbonyl (C=O) groups is 1. The molecule has 20 heavy (non-hydrogen) atoms. The first kappa shape index (κ1) is 12.9. The molecule has 6 nitrogen and oxygen atoms in total. The second kappa shape index (κ2) is 4.79. The molecule has 5 N–H and O–H groups in total. The molecule has 3 rings (SSSR count). The average Bonchev–Trinajstić information content (AvgIpc) is 2.90. The van der Waals surface area contributed by atoms with Crippen LogP contribution in [0.3, 0.4) is 0 Å². The van der Waals surface area contributed by atoms with E-state index >= 15 is 0 Å². The van der Waals surface area contributed by atoms with Gasteiger partial charge >= 0.3 is 0 Å². The van der Waals surface area contributed by atoms with Gasteiger partial charge in [-0.05, 0) is 19.1 Å². The van der Waals surface area contributed by atoms with Crippen molar-refractivity contribution in [3.63, 3.8) is 0 Å². The van der Waals surface area contributed by atoms with Crippen LogP contribution in [0.4, 0.5) is 0 Å². The Morgan fingerprint density at radius 1 is 1.60 bits per heavy atom. The van der Waals surface area contributed by atoms with Crippen LogP contribution >= 0.6 is 0 Å². The molecule has 1 aromatic heterocycles. The topological polar surface area (TPSA) is 107 Å². The third-order valence-electron chi connectivity index (χ3n) is 3.54. The lowest BCUT2D eigenvalue weighted by Gasteiger charge is -2.06. The lowest BCUT2D eigenvalue weighted by atomic mass is 10.00. The molecule has 1 amide bonds. The monoisotopic (exact) mass is 274 g/mol. The predicted octanol–water partition coefficient (Wildman–Crippen LogP) is 0.631. The standard InChI is InChI=1S/C14H18N4O2/c1-7(15)4-11-14-9-5-8(6-13(16)19)20-12(9)3-2-10(14)17-18-11/h2-3,7-8H,4-6,15H2,1H3,(H2,16,19)(H,17,18). The van der Waals surface area contributed by atoms with Crippen LogP contribution in [0.25, 0.3) is 10.9 Å². The summed E-state index contributed by atoms with van der Waals surface area (Å²) in [5.74, 6) is 0.470. The molecule has 0 saturated heterocycles. The number of amides is 1. The Balaban J connectivity index is 2.00. The maximum Gasteiger partial charge on any atom is 0.221 e. The Labute approximate surface area is 116 Å². The Hall–Kier alpha value is -2.08. The maximum atomic E-state index is 11.0. The van der Waals surface area contributed by atoms with Crippen LogP contribution in [0.15, 0.2) is 12.1 Å². The van der Waals surface area contributed by atoms with Crippen molar-refractivity contribution in [1.29, 1.82) is 0 Å². The fourth-order valence-electron chi connectivity index (χ4n) is 2.79. The van der Waals surface area contributed by atoms with Gasteiger partial charge in [0.25, 0.3) is 0 Å². The minimum Gasteiger partial charge on any atom is -0.489 e. The molecule has 1 aliphatic heterocycles. The number of hydrogen-bond acceptors (Lipinski definition) is 4. The first-order chi connectivity index (χ1) is 9.54. The Morgan fingerprint density at radius 3 is 3.10 bits per heavy atom. The molecule has 2 unspecified atom stereocenters. The molecule has 2 heterocycles. The van der Waals surface area contributed by atoms with E-state index in [4.69, 9.17) is 16.2 Å². The van der Waals surface area contributed by atoms with E-state index in [0.29, 0.717) is 12.8 Å². The van der Waals surface area contributed by atoms with Gasteiger partial charge in [-0.2, -0.15) is 5.10 Å². The Morgan fingerprint density at radius 2 is 2.40 bits per heavy atom. The summed E-state index contributed by atoms with van der Waals surface area (Å²) in [6, 6.07) is 3.89. The number of benzene rings is 1. The lowest BCUT2D eigenvalue weighted by molar-refractivity contribution is -0.119. The molecule has 0 radical (unpaired) electrons. The quantitative estimate of drug-likeness (QED) is 0.760. The fraction of sp³-hybridized carbons (Fsp3) is 0.429. The van der Waals surface area contributed by atoms with E-state index in [-0.39, 0.29) is 24.5 Å². The molecular weight excluding hydrogens is 256 g/mol. The largest absolute Gasteiger partial charge is 0.489 e. The number of nitrogens with zero attached hydrogens (tertiary/aromatic N) is 1. The van der Waals surface area contributed by atoms with Gasteiger partial charge in [0.15, 0.2) is 0 Å². The number of H-pyrrole nitrogens is 1. The number of primary amides is 1. The summed E-state index contributed by atoms with van der Waals surface area (Å²) in [7, 11) is 0. The van der Waals surface area contributed by atoms with Gasteiger partial charge in [0.1, 0.15) is 11.9 Å². The van der Waals surface area contributed by atoms with Crippen molar-refractivity contribution in [3.05, 3.63) is 23.4 Å². The fourth-order valence-corrected chi connectivity index (χ4v) is 2.79. The summed E-state index contributed by atoms with van der Waals surface area (Å²) < 4.78 is 5.78. The molecule has 2 aromatic rings. The number of ether oxygens (including phenoxy) is 1. The number of carbonyl (C=O) groups excluding carboxylic acids is 1. The second-order valence-corrected chi connectivity index (χ2v) is 5.43. The maximum absolute atomic E-state index is 11.0. The van der Waals surface area contributed by atoms with E-state index in [9.17, 15) is 4.79 Å². The van der Waals surface area contributed by atoms with Crippen LogP contribution in [0, 0.1) is 0 Å². The van der Waals surface area contributed by atoms with Crippen LogP contribution in [-0.2, 0) is 17.6 Å². The summed E-state index contributed by atoms with van der Waals surface area (Å²) in [6.07, 6.45) is 1.44.